The maximum atomic E-state index is 6.36. The van der Waals surface area contributed by atoms with Crippen LogP contribution in [0, 0.1) is 35.5 Å². The molecule has 2 aliphatic carbocycles. The van der Waals surface area contributed by atoms with Crippen molar-refractivity contribution in [2.75, 3.05) is 0 Å². The van der Waals surface area contributed by atoms with E-state index in [1.165, 1.54) is 25.7 Å². The van der Waals surface area contributed by atoms with Crippen molar-refractivity contribution in [3.63, 3.8) is 0 Å². The van der Waals surface area contributed by atoms with E-state index in [-0.39, 0.29) is 0 Å². The van der Waals surface area contributed by atoms with E-state index in [4.69, 9.17) is 20.9 Å². The molecule has 2 rings (SSSR count). The van der Waals surface area contributed by atoms with Gasteiger partial charge in [-0.15, -0.1) is 9.05 Å². The third-order valence-corrected chi connectivity index (χ3v) is 7.77. The lowest BCUT2D eigenvalue weighted by atomic mass is 9.75. The Kier molecular flexibility index (Phi) is 8.12. The van der Waals surface area contributed by atoms with Crippen molar-refractivity contribution < 1.29 is 9.05 Å². The van der Waals surface area contributed by atoms with Crippen LogP contribution >= 0.6 is 7.15 Å². The Morgan fingerprint density at radius 3 is 1.46 bits per heavy atom. The zero-order chi connectivity index (χ0) is 17.9. The lowest BCUT2D eigenvalue weighted by molar-refractivity contribution is 0.0162. The molecule has 2 nitrogen and oxygen atoms in total. The van der Waals surface area contributed by atoms with E-state index < -0.39 is 7.15 Å². The van der Waals surface area contributed by atoms with Gasteiger partial charge in [0, 0.05) is 0 Å². The van der Waals surface area contributed by atoms with Gasteiger partial charge in [0.15, 0.2) is 0 Å². The van der Waals surface area contributed by atoms with Gasteiger partial charge in [0.1, 0.15) is 12.2 Å². The minimum absolute atomic E-state index is 0.302. The summed E-state index contributed by atoms with van der Waals surface area (Å²) in [4.78, 5) is 0. The summed E-state index contributed by atoms with van der Waals surface area (Å²) < 4.78 is 12.7. The van der Waals surface area contributed by atoms with Crippen molar-refractivity contribution in [2.45, 2.75) is 92.3 Å². The molecule has 0 radical (unpaired) electrons. The van der Waals surface area contributed by atoms with Crippen LogP contribution in [0.25, 0.3) is 0 Å². The quantitative estimate of drug-likeness (QED) is 0.482. The molecule has 6 atom stereocenters. The molecule has 0 unspecified atom stereocenters. The summed E-state index contributed by atoms with van der Waals surface area (Å²) >= 11 is 5.68. The molecule has 2 aliphatic rings. The van der Waals surface area contributed by atoms with Gasteiger partial charge >= 0.3 is 7.15 Å². The van der Waals surface area contributed by atoms with Crippen molar-refractivity contribution in [1.29, 1.82) is 0 Å². The largest absolute Gasteiger partial charge is 0.522 e. The molecular formula is C20H38O2PS+. The van der Waals surface area contributed by atoms with E-state index in [0.29, 0.717) is 35.9 Å². The Morgan fingerprint density at radius 2 is 1.12 bits per heavy atom. The molecule has 0 aromatic heterocycles. The second-order valence-corrected chi connectivity index (χ2v) is 10.9. The van der Waals surface area contributed by atoms with Crippen LogP contribution in [0.2, 0.25) is 0 Å². The third kappa shape index (κ3) is 5.73. The lowest BCUT2D eigenvalue weighted by Gasteiger charge is -2.35. The van der Waals surface area contributed by atoms with Crippen molar-refractivity contribution in [2.24, 2.45) is 35.5 Å². The topological polar surface area (TPSA) is 18.5 Å². The number of hydrogen-bond acceptors (Lipinski definition) is 3. The summed E-state index contributed by atoms with van der Waals surface area (Å²) in [7, 11) is -1.18. The van der Waals surface area contributed by atoms with Crippen LogP contribution in [0.4, 0.5) is 0 Å². The summed E-state index contributed by atoms with van der Waals surface area (Å²) in [6.45, 7) is 14.0. The van der Waals surface area contributed by atoms with Crippen LogP contribution in [0.15, 0.2) is 0 Å². The molecule has 0 aromatic rings. The minimum Gasteiger partial charge on any atom is -0.138 e. The Labute approximate surface area is 156 Å². The molecule has 0 saturated heterocycles. The van der Waals surface area contributed by atoms with E-state index in [0.717, 1.165) is 24.7 Å². The van der Waals surface area contributed by atoms with Crippen LogP contribution in [0.5, 0.6) is 0 Å². The number of rotatable bonds is 6. The van der Waals surface area contributed by atoms with Gasteiger partial charge in [-0.3, -0.25) is 0 Å². The lowest BCUT2D eigenvalue weighted by Crippen LogP contribution is -2.35. The summed E-state index contributed by atoms with van der Waals surface area (Å²) in [5, 5.41) is 0. The Balaban J connectivity index is 1.94. The average Bonchev–Trinajstić information content (AvgIpc) is 2.46. The molecular weight excluding hydrogens is 335 g/mol. The fourth-order valence-corrected chi connectivity index (χ4v) is 6.36. The summed E-state index contributed by atoms with van der Waals surface area (Å²) in [5.41, 5.74) is 0. The molecule has 0 heterocycles. The highest BCUT2D eigenvalue weighted by Crippen LogP contribution is 2.44. The molecule has 2 fully saturated rings. The molecule has 0 amide bonds. The smallest absolute Gasteiger partial charge is 0.138 e. The predicted molar refractivity (Wildman–Crippen MR) is 107 cm³/mol. The predicted octanol–water partition coefficient (Wildman–Crippen LogP) is 6.72. The zero-order valence-electron chi connectivity index (χ0n) is 16.5. The molecule has 2 saturated carbocycles. The van der Waals surface area contributed by atoms with Gasteiger partial charge in [-0.2, -0.15) is 0 Å². The Bertz CT molecular complexity index is 376. The van der Waals surface area contributed by atoms with E-state index in [1.807, 2.05) is 0 Å². The van der Waals surface area contributed by atoms with E-state index in [1.54, 1.807) is 0 Å². The highest BCUT2D eigenvalue weighted by Gasteiger charge is 2.40. The van der Waals surface area contributed by atoms with Gasteiger partial charge in [0.2, 0.25) is 11.8 Å². The van der Waals surface area contributed by atoms with Gasteiger partial charge in [0.05, 0.1) is 0 Å². The summed E-state index contributed by atoms with van der Waals surface area (Å²) in [5.74, 6) is 4.12. The van der Waals surface area contributed by atoms with Gasteiger partial charge in [-0.25, -0.2) is 0 Å². The number of hydrogen-bond donors (Lipinski definition) is 0. The second kappa shape index (κ2) is 9.40. The van der Waals surface area contributed by atoms with Gasteiger partial charge < -0.3 is 0 Å². The van der Waals surface area contributed by atoms with Crippen LogP contribution in [-0.2, 0) is 20.9 Å². The maximum Gasteiger partial charge on any atom is 0.522 e. The van der Waals surface area contributed by atoms with Crippen molar-refractivity contribution in [3.05, 3.63) is 0 Å². The van der Waals surface area contributed by atoms with Gasteiger partial charge in [0.25, 0.3) is 0 Å². The zero-order valence-corrected chi connectivity index (χ0v) is 18.2. The molecule has 0 bridgehead atoms. The van der Waals surface area contributed by atoms with E-state index in [9.17, 15) is 0 Å². The maximum absolute atomic E-state index is 6.36. The Hall–Kier alpha value is 0.440. The first-order chi connectivity index (χ1) is 11.3. The standard InChI is InChI=1S/C20H38O2PS/c1-13(2)17-9-7-15(5)11-19(17)21-23(24)22-20-12-16(6)8-10-18(20)14(3)4/h13-20H,7-12H2,1-6H3/q+1/t15-,16-,17+,18+,19-,20-/m1/s1. The van der Waals surface area contributed by atoms with Crippen LogP contribution < -0.4 is 0 Å². The van der Waals surface area contributed by atoms with Crippen molar-refractivity contribution in [1.82, 2.24) is 0 Å². The van der Waals surface area contributed by atoms with Gasteiger partial charge in [-0.1, -0.05) is 54.4 Å². The van der Waals surface area contributed by atoms with Crippen molar-refractivity contribution >= 4 is 19.0 Å². The summed E-state index contributed by atoms with van der Waals surface area (Å²) in [6.07, 6.45) is 8.11. The SMILES string of the molecule is CC(C)[C@@H]1CC[C@@H](C)C[C@H]1O[P+](=S)O[C@@H]1C[C@H](C)CC[C@H]1C(C)C. The van der Waals surface area contributed by atoms with E-state index >= 15 is 0 Å². The van der Waals surface area contributed by atoms with Crippen LogP contribution in [0.1, 0.15) is 80.1 Å². The second-order valence-electron chi connectivity index (χ2n) is 9.16. The highest BCUT2D eigenvalue weighted by atomic mass is 32.4. The minimum atomic E-state index is -1.18. The van der Waals surface area contributed by atoms with Gasteiger partial charge in [-0.05, 0) is 61.2 Å². The fourth-order valence-electron chi connectivity index (χ4n) is 4.72. The first kappa shape index (κ1) is 20.7. The van der Waals surface area contributed by atoms with Crippen LogP contribution in [0.3, 0.4) is 0 Å². The molecule has 140 valence electrons. The fraction of sp³-hybridized carbons (Fsp3) is 1.00. The normalized spacial score (nSPS) is 37.8. The Morgan fingerprint density at radius 1 is 0.750 bits per heavy atom. The van der Waals surface area contributed by atoms with Crippen molar-refractivity contribution in [3.8, 4) is 0 Å². The average molecular weight is 374 g/mol. The molecule has 0 N–H and O–H groups in total. The third-order valence-electron chi connectivity index (χ3n) is 6.37. The van der Waals surface area contributed by atoms with Crippen LogP contribution in [-0.4, -0.2) is 12.2 Å². The molecule has 0 aromatic carbocycles. The molecule has 0 aliphatic heterocycles. The highest BCUT2D eigenvalue weighted by molar-refractivity contribution is 8.00. The van der Waals surface area contributed by atoms with E-state index in [2.05, 4.69) is 41.5 Å². The summed E-state index contributed by atoms with van der Waals surface area (Å²) in [6, 6.07) is 0. The first-order valence-electron chi connectivity index (χ1n) is 10.1. The first-order valence-corrected chi connectivity index (χ1v) is 12.3. The molecule has 24 heavy (non-hydrogen) atoms. The molecule has 4 heteroatoms. The molecule has 0 spiro atoms. The monoisotopic (exact) mass is 373 g/mol.